The summed E-state index contributed by atoms with van der Waals surface area (Å²) in [5, 5.41) is 6.33. The number of likely N-dealkylation sites (N-methyl/N-ethyl adjacent to an activating group) is 1. The van der Waals surface area contributed by atoms with Gasteiger partial charge in [-0.05, 0) is 50.8 Å². The minimum absolute atomic E-state index is 0.00239. The number of rotatable bonds is 7. The van der Waals surface area contributed by atoms with Gasteiger partial charge in [-0.2, -0.15) is 13.2 Å². The zero-order valence-electron chi connectivity index (χ0n) is 15.7. The minimum atomic E-state index is -4.36. The van der Waals surface area contributed by atoms with Crippen molar-refractivity contribution in [2.75, 3.05) is 27.2 Å². The quantitative estimate of drug-likeness (QED) is 0.567. The topological polar surface area (TPSA) is 52.8 Å². The molecule has 5 nitrogen and oxygen atoms in total. The Morgan fingerprint density at radius 1 is 1.19 bits per heavy atom. The van der Waals surface area contributed by atoms with Crippen molar-refractivity contribution in [3.63, 3.8) is 0 Å². The molecule has 1 heterocycles. The molecule has 8 heteroatoms. The van der Waals surface area contributed by atoms with Gasteiger partial charge in [-0.25, -0.2) is 4.99 Å². The molecule has 0 radical (unpaired) electrons. The van der Waals surface area contributed by atoms with Crippen molar-refractivity contribution in [2.45, 2.75) is 25.7 Å². The summed E-state index contributed by atoms with van der Waals surface area (Å²) in [4.78, 5) is 6.41. The number of guanidine groups is 1. The largest absolute Gasteiger partial charge is 0.468 e. The van der Waals surface area contributed by atoms with E-state index in [0.717, 1.165) is 17.9 Å². The fraction of sp³-hybridized carbons (Fsp3) is 0.421. The maximum atomic E-state index is 12.8. The lowest BCUT2D eigenvalue weighted by molar-refractivity contribution is -0.137. The lowest BCUT2D eigenvalue weighted by Crippen LogP contribution is -2.41. The van der Waals surface area contributed by atoms with Crippen LogP contribution in [0.25, 0.3) is 0 Å². The molecule has 2 rings (SSSR count). The van der Waals surface area contributed by atoms with Crippen LogP contribution in [0, 0.1) is 0 Å². The number of halogens is 3. The van der Waals surface area contributed by atoms with E-state index in [4.69, 9.17) is 4.42 Å². The molecule has 1 atom stereocenters. The summed E-state index contributed by atoms with van der Waals surface area (Å²) in [7, 11) is 3.89. The van der Waals surface area contributed by atoms with Crippen LogP contribution in [0.3, 0.4) is 0 Å². The number of aliphatic imine (C=N–C) groups is 1. The molecule has 2 aromatic rings. The van der Waals surface area contributed by atoms with E-state index in [1.165, 1.54) is 6.07 Å². The van der Waals surface area contributed by atoms with Crippen molar-refractivity contribution in [2.24, 2.45) is 4.99 Å². The molecule has 0 aliphatic heterocycles. The molecule has 2 N–H and O–H groups in total. The number of nitrogens with one attached hydrogen (secondary N) is 2. The molecule has 0 aliphatic rings. The molecular weight excluding hydrogens is 357 g/mol. The molecule has 27 heavy (non-hydrogen) atoms. The highest BCUT2D eigenvalue weighted by molar-refractivity contribution is 5.79. The van der Waals surface area contributed by atoms with Crippen molar-refractivity contribution in [1.82, 2.24) is 15.5 Å². The van der Waals surface area contributed by atoms with Crippen LogP contribution in [-0.4, -0.2) is 38.0 Å². The zero-order valence-corrected chi connectivity index (χ0v) is 15.7. The summed E-state index contributed by atoms with van der Waals surface area (Å²) >= 11 is 0. The van der Waals surface area contributed by atoms with Gasteiger partial charge in [0.1, 0.15) is 5.76 Å². The molecule has 148 valence electrons. The van der Waals surface area contributed by atoms with E-state index in [1.807, 2.05) is 38.1 Å². The first-order valence-corrected chi connectivity index (χ1v) is 8.69. The zero-order chi connectivity index (χ0) is 19.9. The van der Waals surface area contributed by atoms with Crippen LogP contribution >= 0.6 is 0 Å². The lowest BCUT2D eigenvalue weighted by Gasteiger charge is -2.23. The van der Waals surface area contributed by atoms with Crippen LogP contribution in [0.15, 0.2) is 52.1 Å². The molecule has 1 aromatic carbocycles. The van der Waals surface area contributed by atoms with E-state index in [1.54, 1.807) is 12.3 Å². The highest BCUT2D eigenvalue weighted by Crippen LogP contribution is 2.29. The molecule has 1 aromatic heterocycles. The number of furan rings is 1. The Bertz CT molecular complexity index is 727. The normalized spacial score (nSPS) is 13.7. The predicted octanol–water partition coefficient (Wildman–Crippen LogP) is 3.66. The second-order valence-corrected chi connectivity index (χ2v) is 6.27. The number of alkyl halides is 3. The average molecular weight is 382 g/mol. The summed E-state index contributed by atoms with van der Waals surface area (Å²) in [6.45, 7) is 3.25. The molecule has 0 saturated heterocycles. The van der Waals surface area contributed by atoms with Gasteiger partial charge in [0.25, 0.3) is 0 Å². The van der Waals surface area contributed by atoms with Crippen LogP contribution in [0.4, 0.5) is 13.2 Å². The van der Waals surface area contributed by atoms with E-state index in [9.17, 15) is 13.2 Å². The van der Waals surface area contributed by atoms with Gasteiger partial charge in [-0.1, -0.05) is 12.1 Å². The Morgan fingerprint density at radius 3 is 2.56 bits per heavy atom. The third-order valence-electron chi connectivity index (χ3n) is 3.98. The van der Waals surface area contributed by atoms with Gasteiger partial charge in [-0.3, -0.25) is 4.90 Å². The van der Waals surface area contributed by atoms with Crippen LogP contribution in [0.5, 0.6) is 0 Å². The lowest BCUT2D eigenvalue weighted by atomic mass is 10.1. The van der Waals surface area contributed by atoms with Gasteiger partial charge in [0.05, 0.1) is 24.4 Å². The molecule has 0 amide bonds. The number of benzene rings is 1. The molecule has 0 spiro atoms. The Kier molecular flexibility index (Phi) is 7.29. The van der Waals surface area contributed by atoms with Crippen LogP contribution in [-0.2, 0) is 12.7 Å². The van der Waals surface area contributed by atoms with Crippen molar-refractivity contribution in [3.8, 4) is 0 Å². The third-order valence-corrected chi connectivity index (χ3v) is 3.98. The van der Waals surface area contributed by atoms with Crippen LogP contribution in [0.1, 0.15) is 29.9 Å². The van der Waals surface area contributed by atoms with Crippen molar-refractivity contribution in [3.05, 3.63) is 59.5 Å². The molecule has 0 bridgehead atoms. The molecule has 0 fully saturated rings. The summed E-state index contributed by atoms with van der Waals surface area (Å²) in [6.07, 6.45) is -2.73. The van der Waals surface area contributed by atoms with Crippen molar-refractivity contribution in [1.29, 1.82) is 0 Å². The maximum Gasteiger partial charge on any atom is 0.416 e. The summed E-state index contributed by atoms with van der Waals surface area (Å²) in [6, 6.07) is 8.94. The molecule has 1 unspecified atom stereocenters. The third kappa shape index (κ3) is 6.32. The van der Waals surface area contributed by atoms with Crippen molar-refractivity contribution < 1.29 is 17.6 Å². The first-order chi connectivity index (χ1) is 12.8. The average Bonchev–Trinajstić information content (AvgIpc) is 3.13. The molecule has 0 saturated carbocycles. The Labute approximate surface area is 157 Å². The second kappa shape index (κ2) is 9.45. The summed E-state index contributed by atoms with van der Waals surface area (Å²) < 4.78 is 44.0. The van der Waals surface area contributed by atoms with E-state index in [-0.39, 0.29) is 12.6 Å². The molecule has 0 aliphatic carbocycles. The van der Waals surface area contributed by atoms with E-state index < -0.39 is 11.7 Å². The second-order valence-electron chi connectivity index (χ2n) is 6.27. The van der Waals surface area contributed by atoms with Crippen LogP contribution in [0.2, 0.25) is 0 Å². The predicted molar refractivity (Wildman–Crippen MR) is 99.4 cm³/mol. The summed E-state index contributed by atoms with van der Waals surface area (Å²) in [5.74, 6) is 1.36. The first kappa shape index (κ1) is 20.8. The Hall–Kier alpha value is -2.48. The fourth-order valence-electron chi connectivity index (χ4n) is 2.57. The monoisotopic (exact) mass is 382 g/mol. The smallest absolute Gasteiger partial charge is 0.416 e. The fourth-order valence-corrected chi connectivity index (χ4v) is 2.57. The Morgan fingerprint density at radius 2 is 1.96 bits per heavy atom. The van der Waals surface area contributed by atoms with Crippen molar-refractivity contribution >= 4 is 5.96 Å². The van der Waals surface area contributed by atoms with E-state index in [2.05, 4.69) is 15.6 Å². The van der Waals surface area contributed by atoms with Gasteiger partial charge in [-0.15, -0.1) is 0 Å². The first-order valence-electron chi connectivity index (χ1n) is 8.69. The van der Waals surface area contributed by atoms with E-state index in [0.29, 0.717) is 24.6 Å². The highest BCUT2D eigenvalue weighted by atomic mass is 19.4. The standard InChI is InChI=1S/C19H25F3N4O/c1-4-23-18(25-13-16(26(2)3)17-9-6-10-27-17)24-12-14-7-5-8-15(11-14)19(20,21)22/h5-11,16H,4,12-13H2,1-3H3,(H2,23,24,25). The van der Waals surface area contributed by atoms with Gasteiger partial charge in [0.15, 0.2) is 5.96 Å². The van der Waals surface area contributed by atoms with Gasteiger partial charge < -0.3 is 15.1 Å². The number of hydrogen-bond acceptors (Lipinski definition) is 3. The highest BCUT2D eigenvalue weighted by Gasteiger charge is 2.30. The SMILES string of the molecule is CCNC(=NCc1cccc(C(F)(F)F)c1)NCC(c1ccco1)N(C)C. The summed E-state index contributed by atoms with van der Waals surface area (Å²) in [5.41, 5.74) is -0.170. The maximum absolute atomic E-state index is 12.8. The van der Waals surface area contributed by atoms with E-state index >= 15 is 0 Å². The number of nitrogens with zero attached hydrogens (tertiary/aromatic N) is 2. The van der Waals surface area contributed by atoms with Gasteiger partial charge >= 0.3 is 6.18 Å². The Balaban J connectivity index is 2.06. The molecular formula is C19H25F3N4O. The van der Waals surface area contributed by atoms with Gasteiger partial charge in [0, 0.05) is 13.1 Å². The number of hydrogen-bond donors (Lipinski definition) is 2. The minimum Gasteiger partial charge on any atom is -0.468 e. The van der Waals surface area contributed by atoms with Crippen LogP contribution < -0.4 is 10.6 Å². The van der Waals surface area contributed by atoms with Gasteiger partial charge in [0.2, 0.25) is 0 Å².